The van der Waals surface area contributed by atoms with Gasteiger partial charge in [-0.05, 0) is 25.5 Å². The first-order valence-electron chi connectivity index (χ1n) is 7.42. The van der Waals surface area contributed by atoms with Gasteiger partial charge in [-0.25, -0.2) is 9.67 Å². The predicted molar refractivity (Wildman–Crippen MR) is 84.6 cm³/mol. The van der Waals surface area contributed by atoms with Crippen molar-refractivity contribution in [2.45, 2.75) is 39.7 Å². The molecule has 2 aromatic rings. The third kappa shape index (κ3) is 3.63. The van der Waals surface area contributed by atoms with Gasteiger partial charge in [0.15, 0.2) is 11.6 Å². The maximum absolute atomic E-state index is 11.1. The third-order valence-corrected chi connectivity index (χ3v) is 3.37. The molecule has 1 amide bonds. The molecule has 1 aromatic carbocycles. The van der Waals surface area contributed by atoms with E-state index in [1.54, 1.807) is 7.11 Å². The van der Waals surface area contributed by atoms with Crippen LogP contribution in [0, 0.1) is 6.92 Å². The van der Waals surface area contributed by atoms with Crippen molar-refractivity contribution in [3.63, 3.8) is 0 Å². The standard InChI is InChI=1S/C16H22N4O2/c1-4-5-8-20-16(18-15(19-20)10-14(17)21)12-9-11(2)6-7-13(12)22-3/h6-7,9H,4-5,8,10H2,1-3H3,(H2,17,21). The minimum Gasteiger partial charge on any atom is -0.496 e. The molecule has 6 heteroatoms. The average Bonchev–Trinajstić information content (AvgIpc) is 2.86. The molecule has 0 unspecified atom stereocenters. The van der Waals surface area contributed by atoms with Crippen molar-refractivity contribution in [1.82, 2.24) is 14.8 Å². The maximum Gasteiger partial charge on any atom is 0.225 e. The first-order chi connectivity index (χ1) is 10.5. The molecule has 0 aliphatic carbocycles. The first kappa shape index (κ1) is 16.0. The van der Waals surface area contributed by atoms with Gasteiger partial charge in [0.05, 0.1) is 19.1 Å². The molecule has 6 nitrogen and oxygen atoms in total. The van der Waals surface area contributed by atoms with Gasteiger partial charge < -0.3 is 10.5 Å². The molecule has 0 aliphatic heterocycles. The van der Waals surface area contributed by atoms with Crippen LogP contribution >= 0.6 is 0 Å². The van der Waals surface area contributed by atoms with Gasteiger partial charge in [-0.3, -0.25) is 4.79 Å². The topological polar surface area (TPSA) is 83.0 Å². The van der Waals surface area contributed by atoms with Gasteiger partial charge in [0.2, 0.25) is 5.91 Å². The lowest BCUT2D eigenvalue weighted by Crippen LogP contribution is -2.14. The number of rotatable bonds is 7. The molecule has 0 fully saturated rings. The molecule has 0 bridgehead atoms. The number of unbranched alkanes of at least 4 members (excludes halogenated alkanes) is 1. The van der Waals surface area contributed by atoms with Crippen LogP contribution in [0.4, 0.5) is 0 Å². The van der Waals surface area contributed by atoms with E-state index in [1.165, 1.54) is 0 Å². The second-order valence-electron chi connectivity index (χ2n) is 5.28. The van der Waals surface area contributed by atoms with Crippen molar-refractivity contribution in [2.24, 2.45) is 5.73 Å². The Balaban J connectivity index is 2.49. The first-order valence-corrected chi connectivity index (χ1v) is 7.42. The molecule has 1 aromatic heterocycles. The van der Waals surface area contributed by atoms with Crippen molar-refractivity contribution in [3.8, 4) is 17.1 Å². The molecule has 2 rings (SSSR count). The largest absolute Gasteiger partial charge is 0.496 e. The van der Waals surface area contributed by atoms with E-state index in [2.05, 4.69) is 17.0 Å². The number of carbonyl (C=O) groups is 1. The third-order valence-electron chi connectivity index (χ3n) is 3.37. The highest BCUT2D eigenvalue weighted by Gasteiger charge is 2.17. The van der Waals surface area contributed by atoms with Crippen LogP contribution < -0.4 is 10.5 Å². The van der Waals surface area contributed by atoms with Crippen molar-refractivity contribution in [2.75, 3.05) is 7.11 Å². The maximum atomic E-state index is 11.1. The molecule has 1 heterocycles. The second-order valence-corrected chi connectivity index (χ2v) is 5.28. The summed E-state index contributed by atoms with van der Waals surface area (Å²) in [6.07, 6.45) is 2.08. The molecule has 118 valence electrons. The van der Waals surface area contributed by atoms with Crippen LogP contribution in [-0.2, 0) is 17.8 Å². The number of aryl methyl sites for hydroxylation is 2. The van der Waals surface area contributed by atoms with Crippen LogP contribution in [-0.4, -0.2) is 27.8 Å². The number of methoxy groups -OCH3 is 1. The molecule has 0 saturated heterocycles. The van der Waals surface area contributed by atoms with E-state index in [1.807, 2.05) is 29.8 Å². The fourth-order valence-electron chi connectivity index (χ4n) is 2.28. The summed E-state index contributed by atoms with van der Waals surface area (Å²) in [4.78, 5) is 15.6. The van der Waals surface area contributed by atoms with Crippen molar-refractivity contribution in [3.05, 3.63) is 29.6 Å². The van der Waals surface area contributed by atoms with Crippen LogP contribution in [0.25, 0.3) is 11.4 Å². The molecule has 22 heavy (non-hydrogen) atoms. The highest BCUT2D eigenvalue weighted by molar-refractivity contribution is 5.76. The van der Waals surface area contributed by atoms with Crippen molar-refractivity contribution in [1.29, 1.82) is 0 Å². The van der Waals surface area contributed by atoms with E-state index in [-0.39, 0.29) is 6.42 Å². The van der Waals surface area contributed by atoms with E-state index in [9.17, 15) is 4.79 Å². The zero-order valence-electron chi connectivity index (χ0n) is 13.3. The Morgan fingerprint density at radius 1 is 1.41 bits per heavy atom. The normalized spacial score (nSPS) is 10.7. The van der Waals surface area contributed by atoms with E-state index < -0.39 is 5.91 Å². The van der Waals surface area contributed by atoms with Crippen molar-refractivity contribution >= 4 is 5.91 Å². The lowest BCUT2D eigenvalue weighted by Gasteiger charge is -2.10. The summed E-state index contributed by atoms with van der Waals surface area (Å²) < 4.78 is 7.26. The Kier molecular flexibility index (Phi) is 5.14. The summed E-state index contributed by atoms with van der Waals surface area (Å²) >= 11 is 0. The predicted octanol–water partition coefficient (Wildman–Crippen LogP) is 2.09. The molecule has 0 radical (unpaired) electrons. The lowest BCUT2D eigenvalue weighted by atomic mass is 10.1. The molecular formula is C16H22N4O2. The Bertz CT molecular complexity index is 664. The number of carbonyl (C=O) groups excluding carboxylic acids is 1. The van der Waals surface area contributed by atoms with Gasteiger partial charge in [-0.2, -0.15) is 5.10 Å². The average molecular weight is 302 g/mol. The number of benzene rings is 1. The van der Waals surface area contributed by atoms with Crippen LogP contribution in [0.3, 0.4) is 0 Å². The van der Waals surface area contributed by atoms with E-state index >= 15 is 0 Å². The minimum atomic E-state index is -0.435. The van der Waals surface area contributed by atoms with Gasteiger partial charge in [0.1, 0.15) is 5.75 Å². The Morgan fingerprint density at radius 2 is 2.18 bits per heavy atom. The van der Waals surface area contributed by atoms with Crippen LogP contribution in [0.5, 0.6) is 5.75 Å². The smallest absolute Gasteiger partial charge is 0.225 e. The number of amides is 1. The molecule has 0 spiro atoms. The quantitative estimate of drug-likeness (QED) is 0.849. The number of aromatic nitrogens is 3. The summed E-state index contributed by atoms with van der Waals surface area (Å²) in [5.41, 5.74) is 7.24. The molecule has 0 saturated carbocycles. The fraction of sp³-hybridized carbons (Fsp3) is 0.438. The van der Waals surface area contributed by atoms with Gasteiger partial charge >= 0.3 is 0 Å². The Labute approximate surface area is 130 Å². The zero-order valence-corrected chi connectivity index (χ0v) is 13.3. The summed E-state index contributed by atoms with van der Waals surface area (Å²) in [5, 5.41) is 4.42. The summed E-state index contributed by atoms with van der Waals surface area (Å²) in [6, 6.07) is 5.91. The number of nitrogens with two attached hydrogens (primary N) is 1. The van der Waals surface area contributed by atoms with Gasteiger partial charge in [-0.15, -0.1) is 0 Å². The Morgan fingerprint density at radius 3 is 2.82 bits per heavy atom. The number of nitrogens with zero attached hydrogens (tertiary/aromatic N) is 3. The lowest BCUT2D eigenvalue weighted by molar-refractivity contribution is -0.117. The number of primary amides is 1. The zero-order chi connectivity index (χ0) is 16.1. The van der Waals surface area contributed by atoms with E-state index in [4.69, 9.17) is 10.5 Å². The summed E-state index contributed by atoms with van der Waals surface area (Å²) in [6.45, 7) is 4.88. The SMILES string of the molecule is CCCCn1nc(CC(N)=O)nc1-c1cc(C)ccc1OC. The summed E-state index contributed by atoms with van der Waals surface area (Å²) in [5.74, 6) is 1.46. The van der Waals surface area contributed by atoms with Crippen LogP contribution in [0.2, 0.25) is 0 Å². The summed E-state index contributed by atoms with van der Waals surface area (Å²) in [7, 11) is 1.63. The number of hydrogen-bond acceptors (Lipinski definition) is 4. The number of ether oxygens (including phenoxy) is 1. The minimum absolute atomic E-state index is 0.0419. The Hall–Kier alpha value is -2.37. The second kappa shape index (κ2) is 7.06. The molecule has 0 atom stereocenters. The van der Waals surface area contributed by atoms with Gasteiger partial charge in [0, 0.05) is 6.54 Å². The van der Waals surface area contributed by atoms with Crippen molar-refractivity contribution < 1.29 is 9.53 Å². The van der Waals surface area contributed by atoms with E-state index in [0.717, 1.165) is 36.3 Å². The van der Waals surface area contributed by atoms with Gasteiger partial charge in [-0.1, -0.05) is 25.0 Å². The molecular weight excluding hydrogens is 280 g/mol. The van der Waals surface area contributed by atoms with Crippen LogP contribution in [0.1, 0.15) is 31.2 Å². The highest BCUT2D eigenvalue weighted by atomic mass is 16.5. The molecule has 0 aliphatic rings. The van der Waals surface area contributed by atoms with Crippen LogP contribution in [0.15, 0.2) is 18.2 Å². The molecule has 2 N–H and O–H groups in total. The van der Waals surface area contributed by atoms with E-state index in [0.29, 0.717) is 11.6 Å². The monoisotopic (exact) mass is 302 g/mol. The fourth-order valence-corrected chi connectivity index (χ4v) is 2.28. The highest BCUT2D eigenvalue weighted by Crippen LogP contribution is 2.30. The van der Waals surface area contributed by atoms with Gasteiger partial charge in [0.25, 0.3) is 0 Å². The number of hydrogen-bond donors (Lipinski definition) is 1.